The normalized spacial score (nSPS) is 10.0. The zero-order valence-electron chi connectivity index (χ0n) is 4.24. The minimum Gasteiger partial charge on any atom is -0.223 e. The summed E-state index contributed by atoms with van der Waals surface area (Å²) in [5.74, 6) is 0. The van der Waals surface area contributed by atoms with E-state index in [2.05, 4.69) is 6.92 Å². The largest absolute Gasteiger partial charge is 0.223 e. The van der Waals surface area contributed by atoms with Crippen LogP contribution in [0.2, 0.25) is 0 Å². The fourth-order valence-electron chi connectivity index (χ4n) is 0.308. The van der Waals surface area contributed by atoms with Gasteiger partial charge in [-0.1, -0.05) is 6.92 Å². The summed E-state index contributed by atoms with van der Waals surface area (Å²) in [6, 6.07) is 0. The van der Waals surface area contributed by atoms with Crippen LogP contribution in [0.3, 0.4) is 0 Å². The van der Waals surface area contributed by atoms with E-state index in [1.54, 1.807) is 4.42 Å². The standard InChI is InChI=1S/C4H10ClN/c1-3-4-6(2)5/h3-4H2,1-2H3. The number of rotatable bonds is 2. The Hall–Kier alpha value is 0.250. The van der Waals surface area contributed by atoms with Crippen LogP contribution in [-0.2, 0) is 0 Å². The minimum absolute atomic E-state index is 0.974. The van der Waals surface area contributed by atoms with Crippen LogP contribution in [0.1, 0.15) is 13.3 Å². The van der Waals surface area contributed by atoms with Crippen molar-refractivity contribution in [1.29, 1.82) is 0 Å². The Morgan fingerprint density at radius 1 is 1.67 bits per heavy atom. The first-order valence-electron chi connectivity index (χ1n) is 2.14. The zero-order chi connectivity index (χ0) is 4.99. The molecule has 0 aliphatic carbocycles. The summed E-state index contributed by atoms with van der Waals surface area (Å²) in [5.41, 5.74) is 0. The van der Waals surface area contributed by atoms with E-state index in [1.165, 1.54) is 0 Å². The molecule has 0 aromatic rings. The molecule has 2 heteroatoms. The van der Waals surface area contributed by atoms with Crippen molar-refractivity contribution in [1.82, 2.24) is 4.42 Å². The molecular weight excluding hydrogens is 97.5 g/mol. The second-order valence-corrected chi connectivity index (χ2v) is 1.91. The quantitative estimate of drug-likeness (QED) is 0.484. The molecule has 0 unspecified atom stereocenters. The van der Waals surface area contributed by atoms with Gasteiger partial charge in [-0.2, -0.15) is 0 Å². The first-order valence-corrected chi connectivity index (χ1v) is 2.48. The Morgan fingerprint density at radius 3 is 2.17 bits per heavy atom. The SMILES string of the molecule is CCCN(C)Cl. The van der Waals surface area contributed by atoms with Crippen molar-refractivity contribution in [2.24, 2.45) is 0 Å². The van der Waals surface area contributed by atoms with Gasteiger partial charge in [0.1, 0.15) is 0 Å². The van der Waals surface area contributed by atoms with E-state index in [-0.39, 0.29) is 0 Å². The summed E-state index contributed by atoms with van der Waals surface area (Å²) in [4.78, 5) is 0. The lowest BCUT2D eigenvalue weighted by Gasteiger charge is -1.99. The van der Waals surface area contributed by atoms with Gasteiger partial charge in [-0.3, -0.25) is 0 Å². The van der Waals surface area contributed by atoms with Gasteiger partial charge in [0.15, 0.2) is 0 Å². The van der Waals surface area contributed by atoms with E-state index in [0.29, 0.717) is 0 Å². The molecule has 0 N–H and O–H groups in total. The van der Waals surface area contributed by atoms with Gasteiger partial charge in [-0.25, -0.2) is 4.42 Å². The number of nitrogens with zero attached hydrogens (tertiary/aromatic N) is 1. The van der Waals surface area contributed by atoms with Crippen LogP contribution in [0.4, 0.5) is 0 Å². The van der Waals surface area contributed by atoms with E-state index in [4.69, 9.17) is 11.8 Å². The van der Waals surface area contributed by atoms with Crippen molar-refractivity contribution in [2.75, 3.05) is 13.6 Å². The van der Waals surface area contributed by atoms with Gasteiger partial charge < -0.3 is 0 Å². The molecule has 1 nitrogen and oxygen atoms in total. The Kier molecular flexibility index (Phi) is 3.58. The fourth-order valence-corrected chi connectivity index (χ4v) is 0.477. The van der Waals surface area contributed by atoms with E-state index in [9.17, 15) is 0 Å². The van der Waals surface area contributed by atoms with Crippen molar-refractivity contribution < 1.29 is 0 Å². The van der Waals surface area contributed by atoms with Gasteiger partial charge in [-0.15, -0.1) is 0 Å². The highest BCUT2D eigenvalue weighted by atomic mass is 35.5. The van der Waals surface area contributed by atoms with E-state index >= 15 is 0 Å². The molecule has 0 radical (unpaired) electrons. The molecule has 6 heavy (non-hydrogen) atoms. The molecular formula is C4H10ClN. The van der Waals surface area contributed by atoms with Gasteiger partial charge in [-0.05, 0) is 18.2 Å². The summed E-state index contributed by atoms with van der Waals surface area (Å²) >= 11 is 5.41. The van der Waals surface area contributed by atoms with Crippen LogP contribution in [-0.4, -0.2) is 18.0 Å². The van der Waals surface area contributed by atoms with Crippen LogP contribution in [0.25, 0.3) is 0 Å². The van der Waals surface area contributed by atoms with Gasteiger partial charge in [0.05, 0.1) is 0 Å². The second kappa shape index (κ2) is 3.44. The maximum atomic E-state index is 5.41. The van der Waals surface area contributed by atoms with Crippen LogP contribution in [0, 0.1) is 0 Å². The molecule has 0 atom stereocenters. The smallest absolute Gasteiger partial charge is 0.0133 e. The van der Waals surface area contributed by atoms with Gasteiger partial charge in [0, 0.05) is 13.6 Å². The third-order valence-corrected chi connectivity index (χ3v) is 0.701. The average molecular weight is 108 g/mol. The molecule has 0 saturated carbocycles. The Morgan fingerprint density at radius 2 is 2.17 bits per heavy atom. The molecule has 0 amide bonds. The molecule has 0 heterocycles. The highest BCUT2D eigenvalue weighted by Gasteiger charge is 1.82. The molecule has 0 aromatic carbocycles. The molecule has 0 fully saturated rings. The lowest BCUT2D eigenvalue weighted by Crippen LogP contribution is -2.03. The number of halogens is 1. The molecule has 0 rings (SSSR count). The van der Waals surface area contributed by atoms with Crippen molar-refractivity contribution in [2.45, 2.75) is 13.3 Å². The topological polar surface area (TPSA) is 3.24 Å². The van der Waals surface area contributed by atoms with Crippen LogP contribution < -0.4 is 0 Å². The highest BCUT2D eigenvalue weighted by Crippen LogP contribution is 1.86. The predicted molar refractivity (Wildman–Crippen MR) is 28.8 cm³/mol. The second-order valence-electron chi connectivity index (χ2n) is 1.33. The summed E-state index contributed by atoms with van der Waals surface area (Å²) in [7, 11) is 1.85. The summed E-state index contributed by atoms with van der Waals surface area (Å²) < 4.78 is 1.65. The Bertz CT molecular complexity index is 28.7. The third-order valence-electron chi connectivity index (χ3n) is 0.532. The first kappa shape index (κ1) is 6.25. The highest BCUT2D eigenvalue weighted by molar-refractivity contribution is 6.13. The third kappa shape index (κ3) is 4.25. The Labute approximate surface area is 44.0 Å². The average Bonchev–Trinajstić information content (AvgIpc) is 1.35. The Balaban J connectivity index is 2.63. The summed E-state index contributed by atoms with van der Waals surface area (Å²) in [5, 5.41) is 0. The van der Waals surface area contributed by atoms with Crippen LogP contribution >= 0.6 is 11.8 Å². The van der Waals surface area contributed by atoms with Crippen molar-refractivity contribution in [3.8, 4) is 0 Å². The minimum atomic E-state index is 0.974. The summed E-state index contributed by atoms with van der Waals surface area (Å²) in [6.07, 6.45) is 1.12. The predicted octanol–water partition coefficient (Wildman–Crippen LogP) is 1.48. The maximum Gasteiger partial charge on any atom is 0.0133 e. The molecule has 0 aromatic heterocycles. The van der Waals surface area contributed by atoms with E-state index < -0.39 is 0 Å². The zero-order valence-corrected chi connectivity index (χ0v) is 5.00. The van der Waals surface area contributed by atoms with E-state index in [1.807, 2.05) is 7.05 Å². The molecule has 38 valence electrons. The lowest BCUT2D eigenvalue weighted by molar-refractivity contribution is 0.542. The molecule has 0 spiro atoms. The van der Waals surface area contributed by atoms with Gasteiger partial charge >= 0.3 is 0 Å². The van der Waals surface area contributed by atoms with Gasteiger partial charge in [0.2, 0.25) is 0 Å². The fraction of sp³-hybridized carbons (Fsp3) is 1.00. The number of hydrogen-bond acceptors (Lipinski definition) is 1. The number of hydrogen-bond donors (Lipinski definition) is 0. The van der Waals surface area contributed by atoms with Crippen molar-refractivity contribution in [3.63, 3.8) is 0 Å². The van der Waals surface area contributed by atoms with Crippen LogP contribution in [0.5, 0.6) is 0 Å². The molecule has 0 saturated heterocycles. The molecule has 0 aliphatic rings. The lowest BCUT2D eigenvalue weighted by atomic mass is 10.5. The molecule has 0 aliphatic heterocycles. The van der Waals surface area contributed by atoms with Crippen LogP contribution in [0.15, 0.2) is 0 Å². The monoisotopic (exact) mass is 107 g/mol. The molecule has 0 bridgehead atoms. The van der Waals surface area contributed by atoms with E-state index in [0.717, 1.165) is 13.0 Å². The van der Waals surface area contributed by atoms with Gasteiger partial charge in [0.25, 0.3) is 0 Å². The summed E-state index contributed by atoms with van der Waals surface area (Å²) in [6.45, 7) is 3.07. The van der Waals surface area contributed by atoms with Crippen molar-refractivity contribution in [3.05, 3.63) is 0 Å². The first-order chi connectivity index (χ1) is 2.77. The van der Waals surface area contributed by atoms with Crippen molar-refractivity contribution >= 4 is 11.8 Å². The maximum absolute atomic E-state index is 5.41.